The number of aryl methyl sites for hydroxylation is 1. The van der Waals surface area contributed by atoms with Crippen molar-refractivity contribution in [3.63, 3.8) is 0 Å². The number of rotatable bonds is 3. The van der Waals surface area contributed by atoms with Gasteiger partial charge in [0.15, 0.2) is 0 Å². The molecule has 1 aliphatic heterocycles. The van der Waals surface area contributed by atoms with Crippen molar-refractivity contribution in [1.29, 1.82) is 0 Å². The predicted molar refractivity (Wildman–Crippen MR) is 81.9 cm³/mol. The second-order valence-electron chi connectivity index (χ2n) is 5.58. The highest BCUT2D eigenvalue weighted by Crippen LogP contribution is 2.27. The first-order valence-electron chi connectivity index (χ1n) is 7.62. The number of nitrogens with one attached hydrogen (secondary N) is 1. The first-order valence-corrected chi connectivity index (χ1v) is 8.66. The highest BCUT2D eigenvalue weighted by molar-refractivity contribution is 7.99. The third-order valence-corrected chi connectivity index (χ3v) is 5.54. The Morgan fingerprint density at radius 2 is 2.05 bits per heavy atom. The number of hydrogen-bond donors (Lipinski definition) is 1. The zero-order valence-corrected chi connectivity index (χ0v) is 12.3. The van der Waals surface area contributed by atoms with E-state index in [1.54, 1.807) is 6.33 Å². The SMILES string of the molecule is c1nc2c(c(NCC3CCCCS3)n1)CCCCC2. The normalized spacial score (nSPS) is 23.5. The van der Waals surface area contributed by atoms with Crippen LogP contribution in [0.25, 0.3) is 0 Å². The average Bonchev–Trinajstić information content (AvgIpc) is 2.72. The Kier molecular flexibility index (Phi) is 4.59. The van der Waals surface area contributed by atoms with E-state index in [2.05, 4.69) is 27.0 Å². The molecule has 2 aliphatic rings. The molecule has 0 radical (unpaired) electrons. The Morgan fingerprint density at radius 1 is 1.11 bits per heavy atom. The summed E-state index contributed by atoms with van der Waals surface area (Å²) in [6.45, 7) is 1.06. The number of aromatic nitrogens is 2. The minimum absolute atomic E-state index is 0.769. The first kappa shape index (κ1) is 13.2. The van der Waals surface area contributed by atoms with E-state index in [9.17, 15) is 0 Å². The molecule has 1 aliphatic carbocycles. The van der Waals surface area contributed by atoms with Gasteiger partial charge in [-0.3, -0.25) is 0 Å². The van der Waals surface area contributed by atoms with Crippen molar-refractivity contribution in [2.45, 2.75) is 56.6 Å². The largest absolute Gasteiger partial charge is 0.369 e. The molecule has 1 atom stereocenters. The molecule has 1 unspecified atom stereocenters. The summed E-state index contributed by atoms with van der Waals surface area (Å²) >= 11 is 2.12. The smallest absolute Gasteiger partial charge is 0.132 e. The minimum Gasteiger partial charge on any atom is -0.369 e. The van der Waals surface area contributed by atoms with Crippen LogP contribution in [0, 0.1) is 0 Å². The highest BCUT2D eigenvalue weighted by atomic mass is 32.2. The van der Waals surface area contributed by atoms with Crippen LogP contribution in [0.3, 0.4) is 0 Å². The van der Waals surface area contributed by atoms with Gasteiger partial charge in [-0.15, -0.1) is 0 Å². The number of hydrogen-bond acceptors (Lipinski definition) is 4. The summed E-state index contributed by atoms with van der Waals surface area (Å²) in [6.07, 6.45) is 12.0. The summed E-state index contributed by atoms with van der Waals surface area (Å²) in [6, 6.07) is 0. The van der Waals surface area contributed by atoms with Crippen molar-refractivity contribution in [1.82, 2.24) is 9.97 Å². The Hall–Kier alpha value is -0.770. The summed E-state index contributed by atoms with van der Waals surface area (Å²) in [4.78, 5) is 8.96. The number of fused-ring (bicyclic) bond motifs is 1. The van der Waals surface area contributed by atoms with Crippen LogP contribution in [0.4, 0.5) is 5.82 Å². The maximum Gasteiger partial charge on any atom is 0.132 e. The molecule has 1 N–H and O–H groups in total. The van der Waals surface area contributed by atoms with Gasteiger partial charge in [-0.25, -0.2) is 9.97 Å². The van der Waals surface area contributed by atoms with Gasteiger partial charge in [-0.05, 0) is 44.3 Å². The molecule has 0 amide bonds. The van der Waals surface area contributed by atoms with Crippen LogP contribution in [-0.2, 0) is 12.8 Å². The molecular weight excluding hydrogens is 254 g/mol. The summed E-state index contributed by atoms with van der Waals surface area (Å²) in [7, 11) is 0. The van der Waals surface area contributed by atoms with Gasteiger partial charge in [0.1, 0.15) is 12.1 Å². The zero-order valence-electron chi connectivity index (χ0n) is 11.5. The quantitative estimate of drug-likeness (QED) is 0.859. The Morgan fingerprint density at radius 3 is 2.95 bits per heavy atom. The molecule has 1 saturated heterocycles. The maximum absolute atomic E-state index is 4.49. The van der Waals surface area contributed by atoms with Gasteiger partial charge in [0.05, 0.1) is 0 Å². The van der Waals surface area contributed by atoms with Gasteiger partial charge in [-0.2, -0.15) is 11.8 Å². The van der Waals surface area contributed by atoms with E-state index in [1.165, 1.54) is 55.5 Å². The van der Waals surface area contributed by atoms with Crippen molar-refractivity contribution in [3.05, 3.63) is 17.6 Å². The number of anilines is 1. The molecule has 0 saturated carbocycles. The Balaban J connectivity index is 1.66. The fourth-order valence-corrected chi connectivity index (χ4v) is 4.27. The third kappa shape index (κ3) is 3.41. The molecule has 104 valence electrons. The van der Waals surface area contributed by atoms with E-state index in [0.717, 1.165) is 30.5 Å². The summed E-state index contributed by atoms with van der Waals surface area (Å²) in [5, 5.41) is 4.37. The zero-order chi connectivity index (χ0) is 12.9. The molecule has 3 rings (SSSR count). The molecule has 4 heteroatoms. The second-order valence-corrected chi connectivity index (χ2v) is 6.99. The van der Waals surface area contributed by atoms with E-state index < -0.39 is 0 Å². The van der Waals surface area contributed by atoms with Gasteiger partial charge in [0.25, 0.3) is 0 Å². The lowest BCUT2D eigenvalue weighted by Gasteiger charge is -2.22. The van der Waals surface area contributed by atoms with Crippen molar-refractivity contribution in [3.8, 4) is 0 Å². The predicted octanol–water partition coefficient (Wildman–Crippen LogP) is 3.44. The van der Waals surface area contributed by atoms with E-state index in [1.807, 2.05) is 0 Å². The molecule has 0 spiro atoms. The molecule has 1 aromatic rings. The molecule has 0 aromatic carbocycles. The lowest BCUT2D eigenvalue weighted by Crippen LogP contribution is -2.21. The van der Waals surface area contributed by atoms with Crippen LogP contribution in [0.5, 0.6) is 0 Å². The monoisotopic (exact) mass is 277 g/mol. The van der Waals surface area contributed by atoms with Gasteiger partial charge >= 0.3 is 0 Å². The maximum atomic E-state index is 4.49. The fraction of sp³-hybridized carbons (Fsp3) is 0.733. The van der Waals surface area contributed by atoms with Crippen LogP contribution in [-0.4, -0.2) is 27.5 Å². The minimum atomic E-state index is 0.769. The van der Waals surface area contributed by atoms with Crippen molar-refractivity contribution in [2.75, 3.05) is 17.6 Å². The topological polar surface area (TPSA) is 37.8 Å². The average molecular weight is 277 g/mol. The van der Waals surface area contributed by atoms with Crippen LogP contribution in [0.2, 0.25) is 0 Å². The number of thioether (sulfide) groups is 1. The summed E-state index contributed by atoms with van der Waals surface area (Å²) < 4.78 is 0. The first-order chi connectivity index (χ1) is 9.43. The van der Waals surface area contributed by atoms with Crippen molar-refractivity contribution >= 4 is 17.6 Å². The fourth-order valence-electron chi connectivity index (χ4n) is 3.03. The van der Waals surface area contributed by atoms with Crippen molar-refractivity contribution < 1.29 is 0 Å². The Bertz CT molecular complexity index is 416. The molecule has 1 fully saturated rings. The molecule has 2 heterocycles. The van der Waals surface area contributed by atoms with Crippen LogP contribution in [0.15, 0.2) is 6.33 Å². The molecule has 0 bridgehead atoms. The lowest BCUT2D eigenvalue weighted by molar-refractivity contribution is 0.676. The van der Waals surface area contributed by atoms with Crippen LogP contribution in [0.1, 0.15) is 49.8 Å². The molecule has 19 heavy (non-hydrogen) atoms. The summed E-state index contributed by atoms with van der Waals surface area (Å²) in [5.41, 5.74) is 2.67. The Labute approximate surface area is 120 Å². The van der Waals surface area contributed by atoms with Gasteiger partial charge in [0, 0.05) is 23.1 Å². The van der Waals surface area contributed by atoms with E-state index in [4.69, 9.17) is 0 Å². The standard InChI is InChI=1S/C15H23N3S/c1-2-7-13-14(8-3-1)17-11-18-15(13)16-10-12-6-4-5-9-19-12/h11-12H,1-10H2,(H,16,17,18). The molecule has 3 nitrogen and oxygen atoms in total. The lowest BCUT2D eigenvalue weighted by atomic mass is 10.1. The van der Waals surface area contributed by atoms with Crippen LogP contribution >= 0.6 is 11.8 Å². The van der Waals surface area contributed by atoms with Gasteiger partial charge in [-0.1, -0.05) is 12.8 Å². The molecular formula is C15H23N3S. The van der Waals surface area contributed by atoms with Gasteiger partial charge < -0.3 is 5.32 Å². The van der Waals surface area contributed by atoms with Crippen molar-refractivity contribution in [2.24, 2.45) is 0 Å². The van der Waals surface area contributed by atoms with E-state index >= 15 is 0 Å². The highest BCUT2D eigenvalue weighted by Gasteiger charge is 2.17. The van der Waals surface area contributed by atoms with Crippen LogP contribution < -0.4 is 5.32 Å². The summed E-state index contributed by atoms with van der Waals surface area (Å²) in [5.74, 6) is 2.44. The van der Waals surface area contributed by atoms with Gasteiger partial charge in [0.2, 0.25) is 0 Å². The third-order valence-electron chi connectivity index (χ3n) is 4.15. The second kappa shape index (κ2) is 6.60. The molecule has 1 aromatic heterocycles. The van der Waals surface area contributed by atoms with E-state index in [0.29, 0.717) is 0 Å². The van der Waals surface area contributed by atoms with E-state index in [-0.39, 0.29) is 0 Å². The number of nitrogens with zero attached hydrogens (tertiary/aromatic N) is 2.